The van der Waals surface area contributed by atoms with Gasteiger partial charge in [-0.15, -0.1) is 20.4 Å². The molecule has 7 aromatic rings. The normalized spacial score (nSPS) is 17.0. The van der Waals surface area contributed by atoms with Gasteiger partial charge in [0.2, 0.25) is 0 Å². The van der Waals surface area contributed by atoms with Crippen molar-refractivity contribution in [1.29, 1.82) is 0 Å². The van der Waals surface area contributed by atoms with E-state index in [2.05, 4.69) is 115 Å². The second-order valence-electron chi connectivity index (χ2n) is 16.8. The summed E-state index contributed by atoms with van der Waals surface area (Å²) in [4.78, 5) is 33.7. The van der Waals surface area contributed by atoms with Crippen LogP contribution in [0.1, 0.15) is 117 Å². The van der Waals surface area contributed by atoms with Crippen molar-refractivity contribution in [2.75, 3.05) is 11.1 Å². The molecule has 4 atom stereocenters. The number of carbonyl (C=O) groups is 1. The first kappa shape index (κ1) is 47.8. The van der Waals surface area contributed by atoms with Crippen molar-refractivity contribution in [2.24, 2.45) is 11.8 Å². The van der Waals surface area contributed by atoms with E-state index in [-0.39, 0.29) is 11.9 Å². The largest absolute Gasteiger partial charge is 0.384 e. The second-order valence-corrected chi connectivity index (χ2v) is 18.4. The van der Waals surface area contributed by atoms with Crippen LogP contribution in [-0.2, 0) is 0 Å². The summed E-state index contributed by atoms with van der Waals surface area (Å²) in [6.07, 6.45) is 11.2. The number of amides is 1. The highest BCUT2D eigenvalue weighted by Crippen LogP contribution is 2.49. The van der Waals surface area contributed by atoms with Crippen LogP contribution in [0.2, 0.25) is 10.3 Å². The topological polar surface area (TPSA) is 181 Å². The molecule has 0 spiro atoms. The zero-order chi connectivity index (χ0) is 46.2. The third-order valence-corrected chi connectivity index (χ3v) is 12.3. The fourth-order valence-electron chi connectivity index (χ4n) is 6.95. The molecule has 17 heteroatoms. The van der Waals surface area contributed by atoms with E-state index in [9.17, 15) is 4.79 Å². The summed E-state index contributed by atoms with van der Waals surface area (Å²) < 4.78 is 4.91. The fraction of sp³-hybridized carbons (Fsp3) is 0.362. The third-order valence-electron chi connectivity index (χ3n) is 11.0. The highest BCUT2D eigenvalue weighted by atomic mass is 79.9. The van der Waals surface area contributed by atoms with Crippen LogP contribution in [0.4, 0.5) is 11.6 Å². The van der Waals surface area contributed by atoms with Gasteiger partial charge in [0.25, 0.3) is 5.91 Å². The molecule has 64 heavy (non-hydrogen) atoms. The summed E-state index contributed by atoms with van der Waals surface area (Å²) >= 11 is 14.7. The lowest BCUT2D eigenvalue weighted by molar-refractivity contribution is 0.102. The minimum atomic E-state index is -0.260. The van der Waals surface area contributed by atoms with Gasteiger partial charge in [0.05, 0.1) is 0 Å². The molecule has 2 fully saturated rings. The van der Waals surface area contributed by atoms with Gasteiger partial charge in [-0.2, -0.15) is 0 Å². The number of nitrogen functional groups attached to an aromatic ring is 1. The first-order valence-corrected chi connectivity index (χ1v) is 22.7. The van der Waals surface area contributed by atoms with Crippen LogP contribution >= 0.6 is 39.1 Å². The quantitative estimate of drug-likeness (QED) is 0.138. The summed E-state index contributed by atoms with van der Waals surface area (Å²) in [5.74, 6) is 4.90. The van der Waals surface area contributed by atoms with Gasteiger partial charge in [-0.1, -0.05) is 65.1 Å². The van der Waals surface area contributed by atoms with Gasteiger partial charge < -0.3 is 20.2 Å². The molecule has 7 aromatic heterocycles. The lowest BCUT2D eigenvalue weighted by Gasteiger charge is -2.11. The summed E-state index contributed by atoms with van der Waals surface area (Å²) in [6, 6.07) is 17.2. The van der Waals surface area contributed by atoms with Gasteiger partial charge >= 0.3 is 0 Å². The van der Waals surface area contributed by atoms with Crippen molar-refractivity contribution in [3.63, 3.8) is 0 Å². The summed E-state index contributed by atoms with van der Waals surface area (Å²) in [6.45, 7) is 18.9. The number of anilines is 2. The van der Waals surface area contributed by atoms with Crippen molar-refractivity contribution in [3.8, 4) is 23.0 Å². The van der Waals surface area contributed by atoms with Crippen LogP contribution < -0.4 is 11.1 Å². The number of hydrogen-bond donors (Lipinski definition) is 2. The van der Waals surface area contributed by atoms with E-state index in [0.29, 0.717) is 57.0 Å². The number of halogens is 3. The standard InChI is InChI=1S/C21H24N6O.C10H12ClN.C10H13N5.C6H5BrClN/c1-12(2)27-11-23-26-20(27)17-6-5-7-19(24-17)25-21(28)18-9-16(14(4)10-22-18)15-8-13(15)3;1-6-3-8(6)9-4-10(11)12-5-7(9)2;1-7(2)15-6-12-14-10(15)8-4-3-5-9(11)13-8;1-4-3-9-6(8)2-5(4)7/h5-7,9-13,15H,8H2,1-4H3,(H,24,25,28);4-6,8H,3H2,1-2H3;3-7H,1-2H3,(H2,11,13);2-3H,1H3. The Labute approximate surface area is 393 Å². The van der Waals surface area contributed by atoms with E-state index in [1.54, 1.807) is 43.2 Å². The van der Waals surface area contributed by atoms with E-state index in [1.165, 1.54) is 29.5 Å². The zero-order valence-electron chi connectivity index (χ0n) is 37.5. The SMILES string of the molecule is CC(C)n1cnnc1-c1cccc(N)n1.Cc1cnc(C(=O)Nc2cccc(-c3nncn3C(C)C)n2)cc1C1CC1C.Cc1cnc(Cl)cc1Br.Cc1cnc(Cl)cc1C1CC1C. The van der Waals surface area contributed by atoms with Crippen molar-refractivity contribution < 1.29 is 4.79 Å². The summed E-state index contributed by atoms with van der Waals surface area (Å²) in [7, 11) is 0. The minimum Gasteiger partial charge on any atom is -0.384 e. The van der Waals surface area contributed by atoms with Crippen LogP contribution in [0.5, 0.6) is 0 Å². The highest BCUT2D eigenvalue weighted by molar-refractivity contribution is 9.10. The Balaban J connectivity index is 0.000000158. The number of nitrogens with two attached hydrogens (primary N) is 1. The predicted octanol–water partition coefficient (Wildman–Crippen LogP) is 11.5. The van der Waals surface area contributed by atoms with E-state index >= 15 is 0 Å². The molecule has 0 bridgehead atoms. The first-order chi connectivity index (χ1) is 30.5. The van der Waals surface area contributed by atoms with Crippen LogP contribution in [0.25, 0.3) is 23.0 Å². The highest BCUT2D eigenvalue weighted by Gasteiger charge is 2.36. The molecule has 0 aromatic carbocycles. The van der Waals surface area contributed by atoms with Crippen LogP contribution in [0.15, 0.2) is 90.3 Å². The Hall–Kier alpha value is -5.64. The van der Waals surface area contributed by atoms with Crippen molar-refractivity contribution in [1.82, 2.24) is 54.4 Å². The molecule has 3 N–H and O–H groups in total. The van der Waals surface area contributed by atoms with E-state index < -0.39 is 0 Å². The fourth-order valence-corrected chi connectivity index (χ4v) is 7.73. The lowest BCUT2D eigenvalue weighted by Crippen LogP contribution is -2.15. The third kappa shape index (κ3) is 12.5. The number of carbonyl (C=O) groups excluding carboxylic acids is 1. The molecule has 2 aliphatic carbocycles. The van der Waals surface area contributed by atoms with Gasteiger partial charge in [-0.25, -0.2) is 19.9 Å². The maximum atomic E-state index is 12.7. The Morgan fingerprint density at radius 1 is 0.719 bits per heavy atom. The number of hydrogen-bond acceptors (Lipinski definition) is 11. The summed E-state index contributed by atoms with van der Waals surface area (Å²) in [5.41, 5.74) is 13.6. The van der Waals surface area contributed by atoms with Crippen molar-refractivity contribution in [3.05, 3.63) is 134 Å². The molecule has 334 valence electrons. The number of rotatable bonds is 8. The first-order valence-electron chi connectivity index (χ1n) is 21.2. The van der Waals surface area contributed by atoms with Gasteiger partial charge in [0.1, 0.15) is 51.7 Å². The molecule has 7 heterocycles. The van der Waals surface area contributed by atoms with Crippen LogP contribution in [0.3, 0.4) is 0 Å². The smallest absolute Gasteiger partial charge is 0.275 e. The Morgan fingerprint density at radius 3 is 1.70 bits per heavy atom. The monoisotopic (exact) mass is 965 g/mol. The maximum Gasteiger partial charge on any atom is 0.275 e. The molecule has 14 nitrogen and oxygen atoms in total. The summed E-state index contributed by atoms with van der Waals surface area (Å²) in [5, 5.41) is 20.1. The van der Waals surface area contributed by atoms with Crippen molar-refractivity contribution >= 4 is 56.7 Å². The van der Waals surface area contributed by atoms with Crippen LogP contribution in [-0.4, -0.2) is 60.4 Å². The molecule has 1 amide bonds. The van der Waals surface area contributed by atoms with Gasteiger partial charge in [0.15, 0.2) is 11.6 Å². The molecule has 9 rings (SSSR count). The van der Waals surface area contributed by atoms with Crippen LogP contribution in [0, 0.1) is 32.6 Å². The Bertz CT molecular complexity index is 2700. The van der Waals surface area contributed by atoms with E-state index in [0.717, 1.165) is 39.0 Å². The lowest BCUT2D eigenvalue weighted by atomic mass is 10.0. The van der Waals surface area contributed by atoms with Gasteiger partial charge in [0, 0.05) is 35.1 Å². The average molecular weight is 968 g/mol. The number of aromatic nitrogens is 11. The molecule has 0 saturated heterocycles. The van der Waals surface area contributed by atoms with E-state index in [4.69, 9.17) is 28.9 Å². The molecular weight excluding hydrogens is 913 g/mol. The maximum absolute atomic E-state index is 12.7. The second kappa shape index (κ2) is 21.4. The number of pyridine rings is 5. The van der Waals surface area contributed by atoms with Gasteiger partial charge in [-0.3, -0.25) is 9.78 Å². The number of nitrogens with zero attached hydrogens (tertiary/aromatic N) is 11. The molecule has 4 unspecified atom stereocenters. The molecule has 2 saturated carbocycles. The van der Waals surface area contributed by atoms with E-state index in [1.807, 2.05) is 65.6 Å². The predicted molar refractivity (Wildman–Crippen MR) is 257 cm³/mol. The zero-order valence-corrected chi connectivity index (χ0v) is 40.6. The molecular formula is C47H54BrCl2N13O. The molecule has 0 radical (unpaired) electrons. The molecule has 0 aliphatic heterocycles. The minimum absolute atomic E-state index is 0.213. The average Bonchev–Trinajstić information content (AvgIpc) is 3.98. The van der Waals surface area contributed by atoms with Crippen molar-refractivity contribution in [2.45, 2.75) is 99.1 Å². The Kier molecular flexibility index (Phi) is 16.0. The number of nitrogens with one attached hydrogen (secondary N) is 1. The Morgan fingerprint density at radius 2 is 1.20 bits per heavy atom. The number of aryl methyl sites for hydroxylation is 3. The molecule has 2 aliphatic rings. The van der Waals surface area contributed by atoms with Gasteiger partial charge in [-0.05, 0) is 155 Å².